The number of carboxylic acid groups (broad SMARTS) is 1. The predicted octanol–water partition coefficient (Wildman–Crippen LogP) is 0.523. The maximum Gasteiger partial charge on any atom is 0.325 e. The molecule has 92 valence electrons. The van der Waals surface area contributed by atoms with Crippen molar-refractivity contribution in [1.29, 1.82) is 0 Å². The maximum atomic E-state index is 11.1. The lowest BCUT2D eigenvalue weighted by Crippen LogP contribution is -2.36. The molecule has 0 fully saturated rings. The standard InChI is InChI=1S/C12H16N2O3/c1-8(11(13)15)7-14-10(12(16)17)9-5-3-2-4-6-9/h2-6,8,10,14H,7H2,1H3,(H2,13,15)(H,16,17). The molecule has 1 amide bonds. The fourth-order valence-electron chi connectivity index (χ4n) is 1.39. The van der Waals surface area contributed by atoms with Crippen LogP contribution in [0.5, 0.6) is 0 Å². The smallest absolute Gasteiger partial charge is 0.325 e. The highest BCUT2D eigenvalue weighted by atomic mass is 16.4. The van der Waals surface area contributed by atoms with Gasteiger partial charge in [-0.15, -0.1) is 0 Å². The second-order valence-corrected chi connectivity index (χ2v) is 3.89. The highest BCUT2D eigenvalue weighted by Gasteiger charge is 2.20. The molecule has 0 aromatic heterocycles. The van der Waals surface area contributed by atoms with Gasteiger partial charge in [-0.05, 0) is 5.56 Å². The third kappa shape index (κ3) is 3.88. The number of carbonyl (C=O) groups excluding carboxylic acids is 1. The average Bonchev–Trinajstić information content (AvgIpc) is 2.29. The molecule has 0 radical (unpaired) electrons. The molecular formula is C12H16N2O3. The van der Waals surface area contributed by atoms with Crippen LogP contribution in [0.3, 0.4) is 0 Å². The SMILES string of the molecule is CC(CNC(C(=O)O)c1ccccc1)C(N)=O. The average molecular weight is 236 g/mol. The van der Waals surface area contributed by atoms with E-state index in [0.717, 1.165) is 0 Å². The van der Waals surface area contributed by atoms with Crippen LogP contribution >= 0.6 is 0 Å². The Kier molecular flexibility index (Phi) is 4.66. The van der Waals surface area contributed by atoms with Gasteiger partial charge in [-0.3, -0.25) is 14.9 Å². The van der Waals surface area contributed by atoms with E-state index in [4.69, 9.17) is 10.8 Å². The number of hydrogen-bond acceptors (Lipinski definition) is 3. The Morgan fingerprint density at radius 1 is 1.35 bits per heavy atom. The highest BCUT2D eigenvalue weighted by molar-refractivity contribution is 5.77. The molecule has 1 aromatic carbocycles. The molecule has 5 heteroatoms. The van der Waals surface area contributed by atoms with Crippen LogP contribution in [0, 0.1) is 5.92 Å². The van der Waals surface area contributed by atoms with Crippen LogP contribution < -0.4 is 11.1 Å². The summed E-state index contributed by atoms with van der Waals surface area (Å²) in [4.78, 5) is 22.0. The van der Waals surface area contributed by atoms with E-state index in [9.17, 15) is 9.59 Å². The number of carbonyl (C=O) groups is 2. The number of primary amides is 1. The molecule has 2 atom stereocenters. The fraction of sp³-hybridized carbons (Fsp3) is 0.333. The van der Waals surface area contributed by atoms with E-state index in [1.165, 1.54) is 0 Å². The lowest BCUT2D eigenvalue weighted by Gasteiger charge is -2.16. The van der Waals surface area contributed by atoms with Crippen molar-refractivity contribution >= 4 is 11.9 Å². The van der Waals surface area contributed by atoms with Crippen molar-refractivity contribution < 1.29 is 14.7 Å². The van der Waals surface area contributed by atoms with Crippen molar-refractivity contribution in [2.45, 2.75) is 13.0 Å². The molecule has 0 aliphatic heterocycles. The second kappa shape index (κ2) is 6.00. The number of rotatable bonds is 6. The Morgan fingerprint density at radius 3 is 2.41 bits per heavy atom. The summed E-state index contributed by atoms with van der Waals surface area (Å²) in [7, 11) is 0. The van der Waals surface area contributed by atoms with E-state index < -0.39 is 23.8 Å². The van der Waals surface area contributed by atoms with E-state index in [1.54, 1.807) is 31.2 Å². The zero-order chi connectivity index (χ0) is 12.8. The zero-order valence-corrected chi connectivity index (χ0v) is 9.59. The first-order valence-corrected chi connectivity index (χ1v) is 5.33. The van der Waals surface area contributed by atoms with Gasteiger partial charge in [0.2, 0.25) is 5.91 Å². The van der Waals surface area contributed by atoms with Gasteiger partial charge >= 0.3 is 5.97 Å². The first kappa shape index (κ1) is 13.2. The number of nitrogens with two attached hydrogens (primary N) is 1. The lowest BCUT2D eigenvalue weighted by molar-refractivity contribution is -0.140. The normalized spacial score (nSPS) is 13.9. The van der Waals surface area contributed by atoms with Gasteiger partial charge in [0.15, 0.2) is 0 Å². The highest BCUT2D eigenvalue weighted by Crippen LogP contribution is 2.12. The molecular weight excluding hydrogens is 220 g/mol. The van der Waals surface area contributed by atoms with Crippen molar-refractivity contribution in [3.8, 4) is 0 Å². The number of nitrogens with one attached hydrogen (secondary N) is 1. The fourth-order valence-corrected chi connectivity index (χ4v) is 1.39. The largest absolute Gasteiger partial charge is 0.480 e. The van der Waals surface area contributed by atoms with Gasteiger partial charge in [0.25, 0.3) is 0 Å². The maximum absolute atomic E-state index is 11.1. The van der Waals surface area contributed by atoms with E-state index in [0.29, 0.717) is 5.56 Å². The molecule has 1 aromatic rings. The summed E-state index contributed by atoms with van der Waals surface area (Å²) >= 11 is 0. The molecule has 5 nitrogen and oxygen atoms in total. The molecule has 0 spiro atoms. The summed E-state index contributed by atoms with van der Waals surface area (Å²) in [5.41, 5.74) is 5.76. The summed E-state index contributed by atoms with van der Waals surface area (Å²) in [6.45, 7) is 1.89. The van der Waals surface area contributed by atoms with E-state index in [-0.39, 0.29) is 6.54 Å². The summed E-state index contributed by atoms with van der Waals surface area (Å²) in [6, 6.07) is 7.98. The molecule has 0 aliphatic carbocycles. The Bertz CT molecular complexity index is 392. The molecule has 1 rings (SSSR count). The van der Waals surface area contributed by atoms with Crippen LogP contribution in [0.4, 0.5) is 0 Å². The van der Waals surface area contributed by atoms with Crippen LogP contribution in [0.2, 0.25) is 0 Å². The van der Waals surface area contributed by atoms with Gasteiger partial charge < -0.3 is 10.8 Å². The van der Waals surface area contributed by atoms with Gasteiger partial charge in [-0.2, -0.15) is 0 Å². The van der Waals surface area contributed by atoms with Gasteiger partial charge in [-0.1, -0.05) is 37.3 Å². The monoisotopic (exact) mass is 236 g/mol. The van der Waals surface area contributed by atoms with E-state index >= 15 is 0 Å². The van der Waals surface area contributed by atoms with Crippen LogP contribution in [0.15, 0.2) is 30.3 Å². The Hall–Kier alpha value is -1.88. The van der Waals surface area contributed by atoms with Crippen molar-refractivity contribution in [3.05, 3.63) is 35.9 Å². The summed E-state index contributed by atoms with van der Waals surface area (Å²) in [5, 5.41) is 11.9. The van der Waals surface area contributed by atoms with Crippen molar-refractivity contribution in [2.24, 2.45) is 11.7 Å². The number of hydrogen-bond donors (Lipinski definition) is 3. The lowest BCUT2D eigenvalue weighted by atomic mass is 10.1. The van der Waals surface area contributed by atoms with Crippen molar-refractivity contribution in [3.63, 3.8) is 0 Å². The molecule has 0 heterocycles. The molecule has 4 N–H and O–H groups in total. The van der Waals surface area contributed by atoms with Crippen molar-refractivity contribution in [2.75, 3.05) is 6.54 Å². The number of benzene rings is 1. The van der Waals surface area contributed by atoms with Crippen LogP contribution in [-0.4, -0.2) is 23.5 Å². The summed E-state index contributed by atoms with van der Waals surface area (Å²) in [6.07, 6.45) is 0. The zero-order valence-electron chi connectivity index (χ0n) is 9.59. The van der Waals surface area contributed by atoms with Gasteiger partial charge in [0.1, 0.15) is 6.04 Å². The molecule has 0 aliphatic rings. The number of aliphatic carboxylic acids is 1. The summed E-state index contributed by atoms with van der Waals surface area (Å²) < 4.78 is 0. The first-order chi connectivity index (χ1) is 8.02. The van der Waals surface area contributed by atoms with Crippen LogP contribution in [-0.2, 0) is 9.59 Å². The Labute approximate surface area is 99.6 Å². The van der Waals surface area contributed by atoms with Gasteiger partial charge in [0, 0.05) is 12.5 Å². The molecule has 2 unspecified atom stereocenters. The molecule has 17 heavy (non-hydrogen) atoms. The minimum Gasteiger partial charge on any atom is -0.480 e. The molecule has 0 saturated carbocycles. The van der Waals surface area contributed by atoms with Crippen LogP contribution in [0.1, 0.15) is 18.5 Å². The Morgan fingerprint density at radius 2 is 1.94 bits per heavy atom. The predicted molar refractivity (Wildman–Crippen MR) is 63.2 cm³/mol. The first-order valence-electron chi connectivity index (χ1n) is 5.33. The van der Waals surface area contributed by atoms with E-state index in [2.05, 4.69) is 5.32 Å². The van der Waals surface area contributed by atoms with Gasteiger partial charge in [-0.25, -0.2) is 0 Å². The van der Waals surface area contributed by atoms with Crippen LogP contribution in [0.25, 0.3) is 0 Å². The summed E-state index contributed by atoms with van der Waals surface area (Å²) in [5.74, 6) is -1.83. The van der Waals surface area contributed by atoms with E-state index in [1.807, 2.05) is 6.07 Å². The quantitative estimate of drug-likeness (QED) is 0.671. The number of amides is 1. The van der Waals surface area contributed by atoms with Crippen molar-refractivity contribution in [1.82, 2.24) is 5.32 Å². The third-order valence-electron chi connectivity index (χ3n) is 2.49. The topological polar surface area (TPSA) is 92.4 Å². The molecule has 0 bridgehead atoms. The minimum atomic E-state index is -0.979. The number of carboxylic acids is 1. The molecule has 0 saturated heterocycles. The third-order valence-corrected chi connectivity index (χ3v) is 2.49. The van der Waals surface area contributed by atoms with Gasteiger partial charge in [0.05, 0.1) is 0 Å². The Balaban J connectivity index is 2.69. The second-order valence-electron chi connectivity index (χ2n) is 3.89. The minimum absolute atomic E-state index is 0.237.